The minimum Gasteiger partial charge on any atom is -0.351 e. The van der Waals surface area contributed by atoms with Crippen molar-refractivity contribution in [2.24, 2.45) is 4.99 Å². The molecule has 1 N–H and O–H groups in total. The van der Waals surface area contributed by atoms with Crippen LogP contribution in [0.25, 0.3) is 0 Å². The number of allylic oxidation sites excluding steroid dienone is 1. The Labute approximate surface area is 117 Å². The van der Waals surface area contributed by atoms with Crippen LogP contribution in [0.1, 0.15) is 28.2 Å². The van der Waals surface area contributed by atoms with E-state index in [0.29, 0.717) is 0 Å². The fourth-order valence-corrected chi connectivity index (χ4v) is 1.68. The van der Waals surface area contributed by atoms with Crippen LogP contribution in [0.5, 0.6) is 0 Å². The maximum Gasteiger partial charge on any atom is 0.290 e. The Morgan fingerprint density at radius 3 is 3.05 bits per heavy atom. The molecule has 3 rings (SSSR count). The van der Waals surface area contributed by atoms with Gasteiger partial charge in [0.05, 0.1) is 12.7 Å². The molecule has 0 aliphatic carbocycles. The number of nitrogens with zero attached hydrogens (tertiary/aromatic N) is 4. The highest BCUT2D eigenvalue weighted by Gasteiger charge is 2.24. The number of hydrogen-bond donors (Lipinski definition) is 1. The smallest absolute Gasteiger partial charge is 0.290 e. The minimum absolute atomic E-state index is 0.0143. The number of amides is 2. The normalized spacial score (nSPS) is 17.1. The molecule has 1 atom stereocenters. The van der Waals surface area contributed by atoms with Gasteiger partial charge in [0.1, 0.15) is 5.92 Å². The molecule has 0 saturated heterocycles. The first kappa shape index (κ1) is 12.9. The highest BCUT2D eigenvalue weighted by molar-refractivity contribution is 5.96. The van der Waals surface area contributed by atoms with Crippen molar-refractivity contribution >= 4 is 18.0 Å². The Balaban J connectivity index is 1.63. The van der Waals surface area contributed by atoms with Crippen LogP contribution in [-0.2, 0) is 11.3 Å². The van der Waals surface area contributed by atoms with Crippen molar-refractivity contribution in [3.8, 4) is 0 Å². The lowest BCUT2D eigenvalue weighted by Crippen LogP contribution is -2.22. The molecule has 9 nitrogen and oxygen atoms in total. The van der Waals surface area contributed by atoms with E-state index in [4.69, 9.17) is 9.05 Å². The summed E-state index contributed by atoms with van der Waals surface area (Å²) in [5, 5.41) is 9.67. The fraction of sp³-hybridized carbons (Fsp3) is 0.167. The van der Waals surface area contributed by atoms with Crippen LogP contribution in [0.2, 0.25) is 0 Å². The molecule has 1 aliphatic rings. The van der Waals surface area contributed by atoms with Crippen molar-refractivity contribution in [3.63, 3.8) is 0 Å². The number of rotatable bonds is 4. The van der Waals surface area contributed by atoms with E-state index >= 15 is 0 Å². The molecule has 1 aliphatic heterocycles. The second kappa shape index (κ2) is 5.49. The molecule has 0 radical (unpaired) electrons. The average molecular weight is 287 g/mol. The third-order valence-corrected chi connectivity index (χ3v) is 2.68. The largest absolute Gasteiger partial charge is 0.351 e. The Morgan fingerprint density at radius 1 is 1.38 bits per heavy atom. The zero-order valence-electron chi connectivity index (χ0n) is 10.6. The molecular formula is C12H9N5O4. The van der Waals surface area contributed by atoms with Crippen LogP contribution < -0.4 is 5.32 Å². The third kappa shape index (κ3) is 2.76. The van der Waals surface area contributed by atoms with E-state index in [1.165, 1.54) is 18.5 Å². The van der Waals surface area contributed by atoms with Crippen LogP contribution in [0.4, 0.5) is 0 Å². The van der Waals surface area contributed by atoms with Gasteiger partial charge in [-0.2, -0.15) is 4.98 Å². The lowest BCUT2D eigenvalue weighted by atomic mass is 10.1. The van der Waals surface area contributed by atoms with Crippen molar-refractivity contribution < 1.29 is 18.6 Å². The Morgan fingerprint density at radius 2 is 2.29 bits per heavy atom. The van der Waals surface area contributed by atoms with Crippen molar-refractivity contribution in [1.82, 2.24) is 20.6 Å². The van der Waals surface area contributed by atoms with Gasteiger partial charge in [-0.3, -0.25) is 9.59 Å². The summed E-state index contributed by atoms with van der Waals surface area (Å²) >= 11 is 0. The number of dihydropyridines is 1. The van der Waals surface area contributed by atoms with Gasteiger partial charge in [0, 0.05) is 12.3 Å². The number of carbonyl (C=O) groups is 2. The number of aromatic nitrogens is 3. The van der Waals surface area contributed by atoms with E-state index in [0.717, 1.165) is 0 Å². The summed E-state index contributed by atoms with van der Waals surface area (Å²) in [5.41, 5.74) is 0. The van der Waals surface area contributed by atoms with Crippen LogP contribution in [0, 0.1) is 0 Å². The number of hydrogen-bond acceptors (Lipinski definition) is 7. The number of nitrogens with one attached hydrogen (secondary N) is 1. The van der Waals surface area contributed by atoms with Gasteiger partial charge in [0.2, 0.25) is 11.7 Å². The van der Waals surface area contributed by atoms with Gasteiger partial charge in [-0.1, -0.05) is 16.4 Å². The summed E-state index contributed by atoms with van der Waals surface area (Å²) in [7, 11) is 0. The SMILES string of the molecule is O=C(NCc1nc(C2C=CC=NC2=O)no1)c1ccno1. The van der Waals surface area contributed by atoms with E-state index in [-0.39, 0.29) is 29.9 Å². The van der Waals surface area contributed by atoms with Crippen LogP contribution >= 0.6 is 0 Å². The fourth-order valence-electron chi connectivity index (χ4n) is 1.68. The van der Waals surface area contributed by atoms with Crippen molar-refractivity contribution in [2.75, 3.05) is 0 Å². The topological polar surface area (TPSA) is 123 Å². The molecule has 0 spiro atoms. The highest BCUT2D eigenvalue weighted by atomic mass is 16.5. The molecule has 106 valence electrons. The molecule has 2 amide bonds. The molecular weight excluding hydrogens is 278 g/mol. The molecule has 0 aromatic carbocycles. The maximum absolute atomic E-state index is 11.6. The van der Waals surface area contributed by atoms with Gasteiger partial charge in [-0.15, -0.1) is 0 Å². The van der Waals surface area contributed by atoms with Gasteiger partial charge < -0.3 is 14.4 Å². The molecule has 2 aromatic heterocycles. The first-order valence-corrected chi connectivity index (χ1v) is 6.00. The van der Waals surface area contributed by atoms with E-state index in [2.05, 4.69) is 25.6 Å². The summed E-state index contributed by atoms with van der Waals surface area (Å²) in [4.78, 5) is 30.9. The van der Waals surface area contributed by atoms with E-state index in [9.17, 15) is 9.59 Å². The Bertz CT molecular complexity index is 716. The molecule has 0 bridgehead atoms. The molecule has 2 aromatic rings. The summed E-state index contributed by atoms with van der Waals surface area (Å²) in [6, 6.07) is 1.43. The Kier molecular flexibility index (Phi) is 3.37. The van der Waals surface area contributed by atoms with Crippen LogP contribution in [0.3, 0.4) is 0 Å². The maximum atomic E-state index is 11.6. The predicted octanol–water partition coefficient (Wildman–Crippen LogP) is 0.238. The second-order valence-electron chi connectivity index (χ2n) is 4.08. The van der Waals surface area contributed by atoms with Gasteiger partial charge in [0.15, 0.2) is 5.82 Å². The zero-order chi connectivity index (χ0) is 14.7. The first-order valence-electron chi connectivity index (χ1n) is 6.00. The third-order valence-electron chi connectivity index (χ3n) is 2.68. The summed E-state index contributed by atoms with van der Waals surface area (Å²) in [5.74, 6) is -1.02. The lowest BCUT2D eigenvalue weighted by Gasteiger charge is -2.04. The summed E-state index contributed by atoms with van der Waals surface area (Å²) in [6.07, 6.45) is 6.02. The van der Waals surface area contributed by atoms with Crippen molar-refractivity contribution in [3.05, 3.63) is 41.9 Å². The average Bonchev–Trinajstić information content (AvgIpc) is 3.17. The lowest BCUT2D eigenvalue weighted by molar-refractivity contribution is -0.118. The predicted molar refractivity (Wildman–Crippen MR) is 67.4 cm³/mol. The van der Waals surface area contributed by atoms with Crippen LogP contribution in [0.15, 0.2) is 38.5 Å². The van der Waals surface area contributed by atoms with E-state index < -0.39 is 11.8 Å². The minimum atomic E-state index is -0.655. The van der Waals surface area contributed by atoms with Crippen LogP contribution in [-0.4, -0.2) is 33.3 Å². The van der Waals surface area contributed by atoms with Crippen molar-refractivity contribution in [1.29, 1.82) is 0 Å². The molecule has 0 fully saturated rings. The van der Waals surface area contributed by atoms with E-state index in [1.54, 1.807) is 12.2 Å². The highest BCUT2D eigenvalue weighted by Crippen LogP contribution is 2.17. The van der Waals surface area contributed by atoms with Gasteiger partial charge in [0.25, 0.3) is 11.8 Å². The molecule has 9 heteroatoms. The zero-order valence-corrected chi connectivity index (χ0v) is 10.6. The first-order chi connectivity index (χ1) is 10.2. The molecule has 21 heavy (non-hydrogen) atoms. The van der Waals surface area contributed by atoms with Crippen molar-refractivity contribution in [2.45, 2.75) is 12.5 Å². The van der Waals surface area contributed by atoms with Gasteiger partial charge in [-0.25, -0.2) is 4.99 Å². The summed E-state index contributed by atoms with van der Waals surface area (Å²) in [6.45, 7) is 0.0143. The Hall–Kier alpha value is -3.10. The standard InChI is InChI=1S/C12H9N5O4/c18-11-7(2-1-4-13-11)10-16-9(21-17-10)6-14-12(19)8-3-5-15-20-8/h1-5,7H,6H2,(H,14,19). The number of carbonyl (C=O) groups excluding carboxylic acids is 2. The van der Waals surface area contributed by atoms with Gasteiger partial charge in [-0.05, 0) is 6.08 Å². The molecule has 1 unspecified atom stereocenters. The van der Waals surface area contributed by atoms with E-state index in [1.807, 2.05) is 0 Å². The molecule has 3 heterocycles. The summed E-state index contributed by atoms with van der Waals surface area (Å²) < 4.78 is 9.67. The molecule has 0 saturated carbocycles. The second-order valence-corrected chi connectivity index (χ2v) is 4.08. The monoisotopic (exact) mass is 287 g/mol. The quantitative estimate of drug-likeness (QED) is 0.853. The number of aliphatic imine (C=N–C) groups is 1. The van der Waals surface area contributed by atoms with Gasteiger partial charge >= 0.3 is 0 Å².